The van der Waals surface area contributed by atoms with Gasteiger partial charge in [-0.1, -0.05) is 6.07 Å². The van der Waals surface area contributed by atoms with Gasteiger partial charge in [0.05, 0.1) is 19.1 Å². The van der Waals surface area contributed by atoms with Crippen LogP contribution in [0.2, 0.25) is 0 Å². The van der Waals surface area contributed by atoms with E-state index in [9.17, 15) is 14.7 Å². The zero-order chi connectivity index (χ0) is 16.4. The number of ether oxygens (including phenoxy) is 1. The Morgan fingerprint density at radius 1 is 1.23 bits per heavy atom. The molecule has 1 aliphatic heterocycles. The van der Waals surface area contributed by atoms with Crippen molar-refractivity contribution in [2.75, 3.05) is 19.7 Å². The Morgan fingerprint density at radius 2 is 1.82 bits per heavy atom. The number of nitrogens with zero attached hydrogens (tertiary/aromatic N) is 1. The second-order valence-corrected chi connectivity index (χ2v) is 5.51. The third-order valence-corrected chi connectivity index (χ3v) is 3.71. The zero-order valence-electron chi connectivity index (χ0n) is 12.4. The van der Waals surface area contributed by atoms with Gasteiger partial charge in [0.15, 0.2) is 0 Å². The number of hydrogen-bond acceptors (Lipinski definition) is 5. The van der Waals surface area contributed by atoms with Crippen molar-refractivity contribution in [1.82, 2.24) is 4.90 Å². The van der Waals surface area contributed by atoms with Crippen LogP contribution in [0.1, 0.15) is 22.8 Å². The highest BCUT2D eigenvalue weighted by molar-refractivity contribution is 5.72. The lowest BCUT2D eigenvalue weighted by molar-refractivity contribution is -0.144. The fourth-order valence-corrected chi connectivity index (χ4v) is 2.84. The second kappa shape index (κ2) is 6.33. The van der Waals surface area contributed by atoms with Crippen molar-refractivity contribution in [3.05, 3.63) is 28.8 Å². The Labute approximate surface area is 127 Å². The minimum atomic E-state index is -1.15. The summed E-state index contributed by atoms with van der Waals surface area (Å²) >= 11 is 0. The molecule has 7 heteroatoms. The molecular weight excluding hydrogens is 290 g/mol. The third-order valence-electron chi connectivity index (χ3n) is 3.71. The number of carboxylic acid groups (broad SMARTS) is 2. The van der Waals surface area contributed by atoms with Gasteiger partial charge in [0, 0.05) is 5.56 Å². The van der Waals surface area contributed by atoms with Crippen molar-refractivity contribution in [2.24, 2.45) is 0 Å². The average Bonchev–Trinajstić information content (AvgIpc) is 2.36. The highest BCUT2D eigenvalue weighted by Gasteiger charge is 2.36. The molecule has 3 N–H and O–H groups in total. The van der Waals surface area contributed by atoms with Crippen molar-refractivity contribution >= 4 is 11.9 Å². The predicted octanol–water partition coefficient (Wildman–Crippen LogP) is 0.569. The van der Waals surface area contributed by atoms with Crippen LogP contribution in [0.4, 0.5) is 0 Å². The summed E-state index contributed by atoms with van der Waals surface area (Å²) in [4.78, 5) is 23.1. The maximum absolute atomic E-state index is 10.9. The van der Waals surface area contributed by atoms with Crippen molar-refractivity contribution < 1.29 is 29.6 Å². The van der Waals surface area contributed by atoms with E-state index in [1.54, 1.807) is 6.07 Å². The van der Waals surface area contributed by atoms with Gasteiger partial charge in [-0.25, -0.2) is 0 Å². The second-order valence-electron chi connectivity index (χ2n) is 5.51. The number of hydrogen-bond donors (Lipinski definition) is 3. The Bertz CT molecular complexity index is 584. The van der Waals surface area contributed by atoms with Gasteiger partial charge >= 0.3 is 11.9 Å². The monoisotopic (exact) mass is 309 g/mol. The van der Waals surface area contributed by atoms with Gasteiger partial charge in [0.2, 0.25) is 0 Å². The minimum absolute atomic E-state index is 0.0393. The van der Waals surface area contributed by atoms with Crippen LogP contribution in [-0.4, -0.2) is 57.9 Å². The largest absolute Gasteiger partial charge is 0.491 e. The lowest BCUT2D eigenvalue weighted by atomic mass is 9.92. The summed E-state index contributed by atoms with van der Waals surface area (Å²) in [5, 5.41) is 28.5. The normalized spacial score (nSPS) is 20.4. The van der Waals surface area contributed by atoms with Crippen LogP contribution >= 0.6 is 0 Å². The van der Waals surface area contributed by atoms with E-state index < -0.39 is 37.2 Å². The molecule has 120 valence electrons. The molecule has 0 spiro atoms. The summed E-state index contributed by atoms with van der Waals surface area (Å²) < 4.78 is 5.62. The molecule has 0 aromatic heterocycles. The Kier molecular flexibility index (Phi) is 4.68. The molecule has 0 aliphatic carbocycles. The summed E-state index contributed by atoms with van der Waals surface area (Å²) in [5.41, 5.74) is 2.41. The quantitative estimate of drug-likeness (QED) is 0.730. The number of carbonyl (C=O) groups is 2. The molecule has 1 aromatic carbocycles. The van der Waals surface area contributed by atoms with Crippen LogP contribution in [0.25, 0.3) is 0 Å². The average molecular weight is 309 g/mol. The predicted molar refractivity (Wildman–Crippen MR) is 77.0 cm³/mol. The number of aliphatic hydroxyl groups is 1. The summed E-state index contributed by atoms with van der Waals surface area (Å²) in [6.45, 7) is 2.84. The molecule has 0 radical (unpaired) electrons. The summed E-state index contributed by atoms with van der Waals surface area (Å²) in [7, 11) is 0. The van der Waals surface area contributed by atoms with E-state index in [2.05, 4.69) is 0 Å². The standard InChI is InChI=1S/C15H19NO6/c1-8-3-9(2)14-11(4-8)22-7-10(15(14)21)16(5-12(17)18)6-13(19)20/h3-4,10,15,21H,5-7H2,1-2H3,(H,17,18)(H,19,20). The van der Waals surface area contributed by atoms with E-state index in [4.69, 9.17) is 14.9 Å². The van der Waals surface area contributed by atoms with Gasteiger partial charge in [-0.05, 0) is 31.0 Å². The summed E-state index contributed by atoms with van der Waals surface area (Å²) in [6.07, 6.45) is -0.997. The lowest BCUT2D eigenvalue weighted by Crippen LogP contribution is -2.50. The van der Waals surface area contributed by atoms with Crippen molar-refractivity contribution in [3.63, 3.8) is 0 Å². The van der Waals surface area contributed by atoms with E-state index in [1.807, 2.05) is 19.9 Å². The molecule has 7 nitrogen and oxygen atoms in total. The van der Waals surface area contributed by atoms with E-state index in [-0.39, 0.29) is 6.61 Å². The Balaban J connectivity index is 2.32. The molecular formula is C15H19NO6. The molecule has 0 saturated heterocycles. The molecule has 2 unspecified atom stereocenters. The molecule has 2 atom stereocenters. The van der Waals surface area contributed by atoms with Crippen LogP contribution in [0, 0.1) is 13.8 Å². The lowest BCUT2D eigenvalue weighted by Gasteiger charge is -2.37. The van der Waals surface area contributed by atoms with E-state index in [1.165, 1.54) is 4.90 Å². The van der Waals surface area contributed by atoms with E-state index in [0.29, 0.717) is 11.3 Å². The van der Waals surface area contributed by atoms with Crippen molar-refractivity contribution in [3.8, 4) is 5.75 Å². The van der Waals surface area contributed by atoms with E-state index >= 15 is 0 Å². The summed E-state index contributed by atoms with van der Waals surface area (Å²) in [5.74, 6) is -1.74. The number of aryl methyl sites for hydroxylation is 2. The number of aliphatic carboxylic acids is 2. The molecule has 0 saturated carbocycles. The number of fused-ring (bicyclic) bond motifs is 1. The smallest absolute Gasteiger partial charge is 0.317 e. The van der Waals surface area contributed by atoms with Crippen LogP contribution in [0.3, 0.4) is 0 Å². The van der Waals surface area contributed by atoms with Gasteiger partial charge in [0.1, 0.15) is 18.5 Å². The highest BCUT2D eigenvalue weighted by Crippen LogP contribution is 2.37. The van der Waals surface area contributed by atoms with Gasteiger partial charge in [-0.15, -0.1) is 0 Å². The van der Waals surface area contributed by atoms with Gasteiger partial charge in [-0.3, -0.25) is 14.5 Å². The van der Waals surface area contributed by atoms with Gasteiger partial charge in [-0.2, -0.15) is 0 Å². The van der Waals surface area contributed by atoms with Gasteiger partial charge in [0.25, 0.3) is 0 Å². The first-order valence-electron chi connectivity index (χ1n) is 6.89. The van der Waals surface area contributed by atoms with Gasteiger partial charge < -0.3 is 20.1 Å². The molecule has 2 rings (SSSR count). The van der Waals surface area contributed by atoms with Crippen LogP contribution in [-0.2, 0) is 9.59 Å². The first kappa shape index (κ1) is 16.3. The Morgan fingerprint density at radius 3 is 2.36 bits per heavy atom. The zero-order valence-corrected chi connectivity index (χ0v) is 12.4. The maximum atomic E-state index is 10.9. The van der Waals surface area contributed by atoms with Crippen LogP contribution in [0.15, 0.2) is 12.1 Å². The maximum Gasteiger partial charge on any atom is 0.317 e. The van der Waals surface area contributed by atoms with Crippen LogP contribution < -0.4 is 4.74 Å². The summed E-state index contributed by atoms with van der Waals surface area (Å²) in [6, 6.07) is 2.98. The Hall–Kier alpha value is -2.12. The molecule has 1 aromatic rings. The van der Waals surface area contributed by atoms with Crippen molar-refractivity contribution in [2.45, 2.75) is 26.0 Å². The minimum Gasteiger partial charge on any atom is -0.491 e. The fraction of sp³-hybridized carbons (Fsp3) is 0.467. The third kappa shape index (κ3) is 3.37. The molecule has 1 aliphatic rings. The highest BCUT2D eigenvalue weighted by atomic mass is 16.5. The molecule has 22 heavy (non-hydrogen) atoms. The number of aliphatic hydroxyl groups excluding tert-OH is 1. The number of benzene rings is 1. The first-order chi connectivity index (χ1) is 10.3. The number of carboxylic acids is 2. The first-order valence-corrected chi connectivity index (χ1v) is 6.89. The SMILES string of the molecule is Cc1cc(C)c2c(c1)OCC(N(CC(=O)O)CC(=O)O)C2O. The van der Waals surface area contributed by atoms with E-state index in [0.717, 1.165) is 11.1 Å². The van der Waals surface area contributed by atoms with Crippen LogP contribution in [0.5, 0.6) is 5.75 Å². The molecule has 0 amide bonds. The molecule has 1 heterocycles. The fourth-order valence-electron chi connectivity index (χ4n) is 2.84. The molecule has 0 fully saturated rings. The number of rotatable bonds is 5. The molecule has 0 bridgehead atoms. The topological polar surface area (TPSA) is 107 Å². The van der Waals surface area contributed by atoms with Crippen molar-refractivity contribution in [1.29, 1.82) is 0 Å².